The van der Waals surface area contributed by atoms with Crippen molar-refractivity contribution < 1.29 is 19.5 Å². The molecule has 3 aliphatic rings. The summed E-state index contributed by atoms with van der Waals surface area (Å²) >= 11 is 1.62. The number of hydrogen-bond acceptors (Lipinski definition) is 5. The Morgan fingerprint density at radius 1 is 1.11 bits per heavy atom. The van der Waals surface area contributed by atoms with Crippen molar-refractivity contribution in [3.8, 4) is 0 Å². The number of anilines is 1. The van der Waals surface area contributed by atoms with Crippen LogP contribution in [-0.2, 0) is 14.4 Å². The number of nitrogens with zero attached hydrogens (tertiary/aromatic N) is 1. The zero-order valence-electron chi connectivity index (χ0n) is 20.2. The minimum Gasteiger partial charge on any atom is -0.394 e. The molecule has 2 aromatic carbocycles. The van der Waals surface area contributed by atoms with Crippen LogP contribution in [0.4, 0.5) is 5.69 Å². The first kappa shape index (κ1) is 23.9. The fourth-order valence-electron chi connectivity index (χ4n) is 6.43. The van der Waals surface area contributed by atoms with Crippen LogP contribution in [0.2, 0.25) is 0 Å². The van der Waals surface area contributed by atoms with E-state index in [9.17, 15) is 19.5 Å². The number of aliphatic hydroxyl groups is 1. The van der Waals surface area contributed by atoms with Crippen LogP contribution in [0.1, 0.15) is 35.6 Å². The van der Waals surface area contributed by atoms with Gasteiger partial charge in [-0.25, -0.2) is 0 Å². The van der Waals surface area contributed by atoms with Gasteiger partial charge in [0.25, 0.3) is 0 Å². The van der Waals surface area contributed by atoms with E-state index in [1.807, 2.05) is 62.4 Å². The van der Waals surface area contributed by atoms with Gasteiger partial charge < -0.3 is 20.6 Å². The Bertz CT molecular complexity index is 1150. The first-order valence-corrected chi connectivity index (χ1v) is 13.0. The van der Waals surface area contributed by atoms with Crippen molar-refractivity contribution in [3.63, 3.8) is 0 Å². The average Bonchev–Trinajstić information content (AvgIpc) is 3.50. The molecule has 0 aliphatic carbocycles. The second kappa shape index (κ2) is 8.99. The predicted molar refractivity (Wildman–Crippen MR) is 136 cm³/mol. The number of rotatable bonds is 6. The van der Waals surface area contributed by atoms with Gasteiger partial charge >= 0.3 is 0 Å². The normalized spacial score (nSPS) is 29.7. The molecule has 35 heavy (non-hydrogen) atoms. The Morgan fingerprint density at radius 2 is 1.80 bits per heavy atom. The Kier molecular flexibility index (Phi) is 6.13. The van der Waals surface area contributed by atoms with E-state index in [0.717, 1.165) is 28.8 Å². The summed E-state index contributed by atoms with van der Waals surface area (Å²) in [6.45, 7) is 3.57. The summed E-state index contributed by atoms with van der Waals surface area (Å²) in [6.07, 6.45) is 1.46. The number of aliphatic hydroxyl groups excluding tert-OH is 1. The second-order valence-corrected chi connectivity index (χ2v) is 11.4. The van der Waals surface area contributed by atoms with E-state index < -0.39 is 28.7 Å². The molecule has 3 heterocycles. The van der Waals surface area contributed by atoms with E-state index in [4.69, 9.17) is 0 Å². The van der Waals surface area contributed by atoms with Crippen LogP contribution >= 0.6 is 11.8 Å². The zero-order valence-corrected chi connectivity index (χ0v) is 21.0. The first-order valence-electron chi connectivity index (χ1n) is 12.1. The first-order chi connectivity index (χ1) is 16.8. The summed E-state index contributed by atoms with van der Waals surface area (Å²) in [5.41, 5.74) is 3.39. The molecule has 7 nitrogen and oxygen atoms in total. The highest BCUT2D eigenvalue weighted by Gasteiger charge is 2.74. The highest BCUT2D eigenvalue weighted by molar-refractivity contribution is 8.02. The zero-order chi connectivity index (χ0) is 24.9. The second-order valence-electron chi connectivity index (χ2n) is 9.78. The summed E-state index contributed by atoms with van der Waals surface area (Å²) < 4.78 is -0.707. The number of nitrogens with one attached hydrogen (secondary N) is 2. The van der Waals surface area contributed by atoms with E-state index in [1.54, 1.807) is 23.7 Å². The summed E-state index contributed by atoms with van der Waals surface area (Å²) in [6, 6.07) is 13.7. The highest BCUT2D eigenvalue weighted by atomic mass is 32.2. The molecule has 2 unspecified atom stereocenters. The molecule has 3 saturated heterocycles. The summed E-state index contributed by atoms with van der Waals surface area (Å²) in [5, 5.41) is 16.3. The van der Waals surface area contributed by atoms with Crippen molar-refractivity contribution in [2.75, 3.05) is 19.0 Å². The van der Waals surface area contributed by atoms with E-state index in [2.05, 4.69) is 10.6 Å². The molecule has 184 valence electrons. The molecular formula is C27H31N3O4S. The van der Waals surface area contributed by atoms with E-state index in [1.165, 1.54) is 0 Å². The van der Waals surface area contributed by atoms with E-state index in [0.29, 0.717) is 6.42 Å². The lowest BCUT2D eigenvalue weighted by Crippen LogP contribution is -2.52. The van der Waals surface area contributed by atoms with Crippen LogP contribution in [0, 0.1) is 25.7 Å². The van der Waals surface area contributed by atoms with Gasteiger partial charge in [-0.3, -0.25) is 14.4 Å². The standard InChI is InChI=1S/C27H31N3O4S/c1-15-8-7-9-16(2)22(15)29-25(33)23-27-13-12-19(35-27)20(24(32)28-3)21(27)26(34)30(23)18(14-31)17-10-5-4-6-11-17/h4-11,18-21,23,31H,12-14H2,1-3H3,(H,28,32)(H,29,33)/t18-,19+,20-,21+,23?,27?/m1/s1. The van der Waals surface area contributed by atoms with Gasteiger partial charge in [-0.1, -0.05) is 48.5 Å². The topological polar surface area (TPSA) is 98.7 Å². The van der Waals surface area contributed by atoms with Crippen molar-refractivity contribution in [2.24, 2.45) is 11.8 Å². The number of para-hydroxylation sites is 1. The Balaban J connectivity index is 1.61. The number of carbonyl (C=O) groups excluding carboxylic acids is 3. The van der Waals surface area contributed by atoms with Crippen molar-refractivity contribution in [2.45, 2.75) is 48.8 Å². The SMILES string of the molecule is CNC(=O)[C@@H]1[C@@H]2CCC3(S2)C(C(=O)Nc2c(C)cccc2C)N([C@H](CO)c2ccccc2)C(=O)[C@H]13. The van der Waals surface area contributed by atoms with Crippen molar-refractivity contribution in [3.05, 3.63) is 65.2 Å². The molecule has 0 aromatic heterocycles. The predicted octanol–water partition coefficient (Wildman–Crippen LogP) is 2.81. The molecule has 3 fully saturated rings. The molecule has 0 saturated carbocycles. The molecule has 6 atom stereocenters. The molecular weight excluding hydrogens is 462 g/mol. The third kappa shape index (κ3) is 3.57. The molecule has 3 amide bonds. The van der Waals surface area contributed by atoms with Gasteiger partial charge in [0.2, 0.25) is 17.7 Å². The van der Waals surface area contributed by atoms with Crippen molar-refractivity contribution in [1.82, 2.24) is 10.2 Å². The number of carbonyl (C=O) groups is 3. The monoisotopic (exact) mass is 493 g/mol. The van der Waals surface area contributed by atoms with Gasteiger partial charge in [0.15, 0.2) is 0 Å². The van der Waals surface area contributed by atoms with Crippen molar-refractivity contribution >= 4 is 35.2 Å². The Hall–Kier alpha value is -2.84. The quantitative estimate of drug-likeness (QED) is 0.575. The lowest BCUT2D eigenvalue weighted by atomic mass is 9.70. The largest absolute Gasteiger partial charge is 0.394 e. The minimum atomic E-state index is -0.805. The third-order valence-corrected chi connectivity index (χ3v) is 9.91. The molecule has 2 aromatic rings. The fraction of sp³-hybridized carbons (Fsp3) is 0.444. The van der Waals surface area contributed by atoms with E-state index >= 15 is 0 Å². The van der Waals surface area contributed by atoms with Crippen molar-refractivity contribution in [1.29, 1.82) is 0 Å². The van der Waals surface area contributed by atoms with E-state index in [-0.39, 0.29) is 29.6 Å². The van der Waals surface area contributed by atoms with Gasteiger partial charge in [0, 0.05) is 18.0 Å². The fourth-order valence-corrected chi connectivity index (χ4v) is 8.63. The number of fused-ring (bicyclic) bond motifs is 1. The van der Waals surface area contributed by atoms with Gasteiger partial charge in [0.1, 0.15) is 6.04 Å². The smallest absolute Gasteiger partial charge is 0.248 e. The number of hydrogen-bond donors (Lipinski definition) is 3. The molecule has 3 aliphatic heterocycles. The van der Waals surface area contributed by atoms with Crippen LogP contribution in [-0.4, -0.2) is 57.4 Å². The summed E-state index contributed by atoms with van der Waals surface area (Å²) in [7, 11) is 1.59. The Morgan fingerprint density at radius 3 is 2.43 bits per heavy atom. The maximum Gasteiger partial charge on any atom is 0.248 e. The number of thioether (sulfide) groups is 1. The highest BCUT2D eigenvalue weighted by Crippen LogP contribution is 2.67. The Labute approximate surface area is 209 Å². The van der Waals surface area contributed by atoms with Crippen LogP contribution in [0.3, 0.4) is 0 Å². The number of amides is 3. The van der Waals surface area contributed by atoms with Crippen LogP contribution < -0.4 is 10.6 Å². The van der Waals surface area contributed by atoms with Crippen LogP contribution in [0.5, 0.6) is 0 Å². The van der Waals surface area contributed by atoms with Gasteiger partial charge in [-0.2, -0.15) is 0 Å². The lowest BCUT2D eigenvalue weighted by Gasteiger charge is -2.37. The van der Waals surface area contributed by atoms with Gasteiger partial charge in [0.05, 0.1) is 29.2 Å². The van der Waals surface area contributed by atoms with Gasteiger partial charge in [-0.15, -0.1) is 11.8 Å². The summed E-state index contributed by atoms with van der Waals surface area (Å²) in [4.78, 5) is 42.7. The molecule has 8 heteroatoms. The number of aryl methyl sites for hydroxylation is 2. The molecule has 5 rings (SSSR count). The molecule has 2 bridgehead atoms. The summed E-state index contributed by atoms with van der Waals surface area (Å²) in [5.74, 6) is -1.73. The number of benzene rings is 2. The number of likely N-dealkylation sites (tertiary alicyclic amines) is 1. The molecule has 1 spiro atoms. The van der Waals surface area contributed by atoms with Crippen LogP contribution in [0.25, 0.3) is 0 Å². The lowest BCUT2D eigenvalue weighted by molar-refractivity contribution is -0.142. The maximum absolute atomic E-state index is 14.1. The average molecular weight is 494 g/mol. The molecule has 0 radical (unpaired) electrons. The molecule has 3 N–H and O–H groups in total. The maximum atomic E-state index is 14.1. The third-order valence-electron chi connectivity index (χ3n) is 7.96. The minimum absolute atomic E-state index is 0.00542. The van der Waals surface area contributed by atoms with Crippen LogP contribution in [0.15, 0.2) is 48.5 Å². The van der Waals surface area contributed by atoms with Gasteiger partial charge in [-0.05, 0) is 43.4 Å².